The van der Waals surface area contributed by atoms with E-state index in [0.29, 0.717) is 18.5 Å². The van der Waals surface area contributed by atoms with Crippen molar-refractivity contribution >= 4 is 5.96 Å². The first-order valence-electron chi connectivity index (χ1n) is 8.27. The highest BCUT2D eigenvalue weighted by Crippen LogP contribution is 2.18. The summed E-state index contributed by atoms with van der Waals surface area (Å²) in [7, 11) is 6.05. The molecule has 1 saturated carbocycles. The highest BCUT2D eigenvalue weighted by molar-refractivity contribution is 5.78. The SMILES string of the molecule is CN(C)C(CN=C(N)NC1CCCCCC1)c1cnn(C)c1. The molecule has 1 unspecified atom stereocenters. The number of guanidine groups is 1. The van der Waals surface area contributed by atoms with Crippen LogP contribution in [0, 0.1) is 0 Å². The Morgan fingerprint density at radius 2 is 2.09 bits per heavy atom. The minimum atomic E-state index is 0.197. The first-order valence-corrected chi connectivity index (χ1v) is 8.27. The van der Waals surface area contributed by atoms with E-state index in [-0.39, 0.29) is 6.04 Å². The van der Waals surface area contributed by atoms with Crippen molar-refractivity contribution in [2.75, 3.05) is 20.6 Å². The van der Waals surface area contributed by atoms with E-state index >= 15 is 0 Å². The van der Waals surface area contributed by atoms with Crippen LogP contribution in [0.5, 0.6) is 0 Å². The summed E-state index contributed by atoms with van der Waals surface area (Å²) in [5, 5.41) is 7.64. The molecule has 1 fully saturated rings. The normalized spacial score (nSPS) is 19.2. The van der Waals surface area contributed by atoms with E-state index in [9.17, 15) is 0 Å². The Morgan fingerprint density at radius 1 is 1.41 bits per heavy atom. The van der Waals surface area contributed by atoms with E-state index in [1.807, 2.05) is 24.1 Å². The van der Waals surface area contributed by atoms with Crippen LogP contribution in [0.4, 0.5) is 0 Å². The molecule has 1 aliphatic carbocycles. The van der Waals surface area contributed by atoms with Crippen molar-refractivity contribution in [2.24, 2.45) is 17.8 Å². The predicted octanol–water partition coefficient (Wildman–Crippen LogP) is 1.65. The molecule has 3 N–H and O–H groups in total. The van der Waals surface area contributed by atoms with Gasteiger partial charge in [-0.1, -0.05) is 25.7 Å². The Morgan fingerprint density at radius 3 is 2.64 bits per heavy atom. The van der Waals surface area contributed by atoms with Gasteiger partial charge in [0.2, 0.25) is 0 Å². The molecule has 1 aromatic rings. The van der Waals surface area contributed by atoms with Crippen LogP contribution >= 0.6 is 0 Å². The van der Waals surface area contributed by atoms with Crippen LogP contribution in [0.2, 0.25) is 0 Å². The highest BCUT2D eigenvalue weighted by Gasteiger charge is 2.16. The molecule has 6 nitrogen and oxygen atoms in total. The van der Waals surface area contributed by atoms with E-state index in [2.05, 4.69) is 34.4 Å². The zero-order chi connectivity index (χ0) is 15.9. The second-order valence-electron chi connectivity index (χ2n) is 6.49. The lowest BCUT2D eigenvalue weighted by atomic mass is 10.1. The number of aryl methyl sites for hydroxylation is 1. The van der Waals surface area contributed by atoms with Crippen LogP contribution in [0.15, 0.2) is 17.4 Å². The van der Waals surface area contributed by atoms with Gasteiger partial charge in [-0.05, 0) is 26.9 Å². The Kier molecular flexibility index (Phi) is 6.24. The maximum atomic E-state index is 6.09. The number of likely N-dealkylation sites (N-methyl/N-ethyl adjacent to an activating group) is 1. The van der Waals surface area contributed by atoms with Crippen molar-refractivity contribution in [1.82, 2.24) is 20.0 Å². The fourth-order valence-electron chi connectivity index (χ4n) is 3.04. The molecule has 0 saturated heterocycles. The smallest absolute Gasteiger partial charge is 0.188 e. The van der Waals surface area contributed by atoms with E-state index in [4.69, 9.17) is 5.73 Å². The molecule has 0 spiro atoms. The number of hydrogen-bond acceptors (Lipinski definition) is 3. The summed E-state index contributed by atoms with van der Waals surface area (Å²) in [4.78, 5) is 6.71. The molecule has 1 aliphatic rings. The van der Waals surface area contributed by atoms with Crippen LogP contribution in [0.1, 0.15) is 50.1 Å². The van der Waals surface area contributed by atoms with Gasteiger partial charge in [0.25, 0.3) is 0 Å². The lowest BCUT2D eigenvalue weighted by Gasteiger charge is -2.22. The minimum absolute atomic E-state index is 0.197. The summed E-state index contributed by atoms with van der Waals surface area (Å²) in [5.41, 5.74) is 7.25. The van der Waals surface area contributed by atoms with Crippen molar-refractivity contribution in [1.29, 1.82) is 0 Å². The first-order chi connectivity index (χ1) is 10.6. The van der Waals surface area contributed by atoms with Gasteiger partial charge in [-0.15, -0.1) is 0 Å². The molecule has 0 amide bonds. The van der Waals surface area contributed by atoms with Gasteiger partial charge in [-0.25, -0.2) is 0 Å². The summed E-state index contributed by atoms with van der Waals surface area (Å²) >= 11 is 0. The maximum Gasteiger partial charge on any atom is 0.188 e. The number of nitrogens with one attached hydrogen (secondary N) is 1. The first kappa shape index (κ1) is 16.8. The Balaban J connectivity index is 1.92. The van der Waals surface area contributed by atoms with Crippen LogP contribution < -0.4 is 11.1 Å². The predicted molar refractivity (Wildman–Crippen MR) is 90.8 cm³/mol. The molecule has 2 rings (SSSR count). The molecule has 6 heteroatoms. The number of aromatic nitrogens is 2. The molecule has 22 heavy (non-hydrogen) atoms. The van der Waals surface area contributed by atoms with Crippen LogP contribution in [-0.2, 0) is 7.05 Å². The lowest BCUT2D eigenvalue weighted by molar-refractivity contribution is 0.306. The van der Waals surface area contributed by atoms with Gasteiger partial charge in [0.05, 0.1) is 18.8 Å². The third-order valence-electron chi connectivity index (χ3n) is 4.37. The van der Waals surface area contributed by atoms with Gasteiger partial charge in [0.15, 0.2) is 5.96 Å². The second kappa shape index (κ2) is 8.17. The Labute approximate surface area is 133 Å². The number of rotatable bonds is 5. The van der Waals surface area contributed by atoms with Gasteiger partial charge in [0, 0.05) is 24.8 Å². The summed E-state index contributed by atoms with van der Waals surface area (Å²) < 4.78 is 1.82. The summed E-state index contributed by atoms with van der Waals surface area (Å²) in [6.45, 7) is 0.643. The lowest BCUT2D eigenvalue weighted by Crippen LogP contribution is -2.40. The standard InChI is InChI=1S/C16H30N6/c1-21(2)15(13-10-19-22(3)12-13)11-18-16(17)20-14-8-6-4-5-7-9-14/h10,12,14-15H,4-9,11H2,1-3H3,(H3,17,18,20). The number of nitrogens with zero attached hydrogens (tertiary/aromatic N) is 4. The maximum absolute atomic E-state index is 6.09. The molecular weight excluding hydrogens is 276 g/mol. The molecule has 0 radical (unpaired) electrons. The molecule has 0 aromatic carbocycles. The minimum Gasteiger partial charge on any atom is -0.370 e. The highest BCUT2D eigenvalue weighted by atomic mass is 15.2. The molecule has 124 valence electrons. The van der Waals surface area contributed by atoms with Gasteiger partial charge in [-0.3, -0.25) is 9.67 Å². The van der Waals surface area contributed by atoms with Crippen LogP contribution in [0.3, 0.4) is 0 Å². The largest absolute Gasteiger partial charge is 0.370 e. The zero-order valence-corrected chi connectivity index (χ0v) is 14.1. The van der Waals surface area contributed by atoms with Crippen molar-refractivity contribution in [3.05, 3.63) is 18.0 Å². The molecule has 1 aromatic heterocycles. The molecule has 1 atom stereocenters. The summed E-state index contributed by atoms with van der Waals surface area (Å²) in [6.07, 6.45) is 11.6. The quantitative estimate of drug-likeness (QED) is 0.493. The summed E-state index contributed by atoms with van der Waals surface area (Å²) in [6, 6.07) is 0.686. The number of nitrogens with two attached hydrogens (primary N) is 1. The monoisotopic (exact) mass is 306 g/mol. The fourth-order valence-corrected chi connectivity index (χ4v) is 3.04. The third kappa shape index (κ3) is 5.02. The van der Waals surface area contributed by atoms with Crippen LogP contribution in [0.25, 0.3) is 0 Å². The van der Waals surface area contributed by atoms with Crippen molar-refractivity contribution in [3.63, 3.8) is 0 Å². The third-order valence-corrected chi connectivity index (χ3v) is 4.37. The van der Waals surface area contributed by atoms with Gasteiger partial charge < -0.3 is 16.0 Å². The van der Waals surface area contributed by atoms with Crippen molar-refractivity contribution in [2.45, 2.75) is 50.6 Å². The molecular formula is C16H30N6. The molecule has 0 aliphatic heterocycles. The topological polar surface area (TPSA) is 71.5 Å². The van der Waals surface area contributed by atoms with Gasteiger partial charge >= 0.3 is 0 Å². The van der Waals surface area contributed by atoms with Gasteiger partial charge in [0.1, 0.15) is 0 Å². The molecule has 1 heterocycles. The van der Waals surface area contributed by atoms with E-state index in [1.54, 1.807) is 0 Å². The van der Waals surface area contributed by atoms with Crippen molar-refractivity contribution < 1.29 is 0 Å². The van der Waals surface area contributed by atoms with Crippen molar-refractivity contribution in [3.8, 4) is 0 Å². The zero-order valence-electron chi connectivity index (χ0n) is 14.1. The van der Waals surface area contributed by atoms with E-state index < -0.39 is 0 Å². The average molecular weight is 306 g/mol. The average Bonchev–Trinajstić information content (AvgIpc) is 2.73. The summed E-state index contributed by atoms with van der Waals surface area (Å²) in [5.74, 6) is 0.572. The van der Waals surface area contributed by atoms with E-state index in [0.717, 1.165) is 0 Å². The van der Waals surface area contributed by atoms with E-state index in [1.165, 1.54) is 44.1 Å². The second-order valence-corrected chi connectivity index (χ2v) is 6.49. The Bertz CT molecular complexity index is 471. The molecule has 0 bridgehead atoms. The number of aliphatic imine (C=N–C) groups is 1. The fraction of sp³-hybridized carbons (Fsp3) is 0.750. The van der Waals surface area contributed by atoms with Crippen LogP contribution in [-0.4, -0.2) is 47.3 Å². The van der Waals surface area contributed by atoms with Gasteiger partial charge in [-0.2, -0.15) is 5.10 Å². The Hall–Kier alpha value is -1.56. The number of hydrogen-bond donors (Lipinski definition) is 2.